The maximum Gasteiger partial charge on any atom is 0.152 e. The third kappa shape index (κ3) is 5.98. The normalized spacial score (nSPS) is 18.0. The van der Waals surface area contributed by atoms with Crippen molar-refractivity contribution in [2.75, 3.05) is 71.3 Å². The molecule has 2 saturated heterocycles. The molecule has 3 aromatic heterocycles. The molecule has 9 heteroatoms. The number of benzene rings is 1. The predicted octanol–water partition coefficient (Wildman–Crippen LogP) is 4.07. The number of pyridine rings is 1. The average molecular weight is 548 g/mol. The highest BCUT2D eigenvalue weighted by Gasteiger charge is 2.21. The van der Waals surface area contributed by atoms with Gasteiger partial charge in [0.25, 0.3) is 0 Å². The summed E-state index contributed by atoms with van der Waals surface area (Å²) in [4.78, 5) is 17.5. The first-order valence-electron chi connectivity index (χ1n) is 14.5. The van der Waals surface area contributed by atoms with Crippen molar-refractivity contribution in [1.82, 2.24) is 29.2 Å². The number of rotatable bonds is 10. The second-order valence-corrected chi connectivity index (χ2v) is 11.8. The van der Waals surface area contributed by atoms with Gasteiger partial charge < -0.3 is 15.0 Å². The lowest BCUT2D eigenvalue weighted by atomic mass is 10.1. The summed E-state index contributed by atoms with van der Waals surface area (Å²) in [5.74, 6) is 1.65. The molecule has 4 aromatic rings. The van der Waals surface area contributed by atoms with Gasteiger partial charge >= 0.3 is 0 Å². The number of imidazole rings is 1. The van der Waals surface area contributed by atoms with E-state index in [4.69, 9.17) is 15.5 Å². The lowest BCUT2D eigenvalue weighted by molar-refractivity contribution is 0.0296. The second kappa shape index (κ2) is 12.3. The highest BCUT2D eigenvalue weighted by atomic mass is 32.1. The lowest BCUT2D eigenvalue weighted by Gasteiger charge is -2.36. The maximum absolute atomic E-state index is 6.41. The number of piperazine rings is 1. The standard InChI is InChI=1S/C30H41N7OS/c1-2-3-8-26-33-27-28(29-25(9-20-39-29)32-30(27)31)37(26)22-24-7-5-4-6-23(24)21-36-14-12-34(13-15-36)10-11-35-16-18-38-19-17-35/h4-7,9,20H,2-3,8,10-19,21-22H2,1H3,(H2,31,32). The summed E-state index contributed by atoms with van der Waals surface area (Å²) in [7, 11) is 0. The van der Waals surface area contributed by atoms with Gasteiger partial charge in [-0.3, -0.25) is 14.7 Å². The molecule has 6 rings (SSSR count). The predicted molar refractivity (Wildman–Crippen MR) is 160 cm³/mol. The van der Waals surface area contributed by atoms with Gasteiger partial charge in [0.05, 0.1) is 28.9 Å². The number of ether oxygens (including phenoxy) is 1. The number of anilines is 1. The fraction of sp³-hybridized carbons (Fsp3) is 0.533. The summed E-state index contributed by atoms with van der Waals surface area (Å²) >= 11 is 1.73. The van der Waals surface area contributed by atoms with Crippen molar-refractivity contribution in [3.8, 4) is 0 Å². The maximum atomic E-state index is 6.41. The minimum absolute atomic E-state index is 0.534. The van der Waals surface area contributed by atoms with Crippen LogP contribution in [0.3, 0.4) is 0 Å². The monoisotopic (exact) mass is 547 g/mol. The second-order valence-electron chi connectivity index (χ2n) is 10.9. The van der Waals surface area contributed by atoms with E-state index in [-0.39, 0.29) is 0 Å². The van der Waals surface area contributed by atoms with Gasteiger partial charge in [-0.25, -0.2) is 9.97 Å². The van der Waals surface area contributed by atoms with Crippen molar-refractivity contribution in [2.45, 2.75) is 39.3 Å². The first-order chi connectivity index (χ1) is 19.2. The zero-order valence-corrected chi connectivity index (χ0v) is 24.0. The number of unbranched alkanes of at least 4 members (excludes halogenated alkanes) is 1. The van der Waals surface area contributed by atoms with E-state index in [1.54, 1.807) is 11.3 Å². The van der Waals surface area contributed by atoms with Crippen molar-refractivity contribution in [1.29, 1.82) is 0 Å². The van der Waals surface area contributed by atoms with E-state index in [2.05, 4.69) is 66.9 Å². The number of nitrogens with two attached hydrogens (primary N) is 1. The summed E-state index contributed by atoms with van der Waals surface area (Å²) in [6, 6.07) is 11.0. The molecular weight excluding hydrogens is 506 g/mol. The number of morpholine rings is 1. The van der Waals surface area contributed by atoms with Crippen LogP contribution in [0.25, 0.3) is 21.3 Å². The molecule has 2 fully saturated rings. The molecule has 2 aliphatic rings. The topological polar surface area (TPSA) is 75.7 Å². The highest BCUT2D eigenvalue weighted by molar-refractivity contribution is 7.18. The van der Waals surface area contributed by atoms with Gasteiger partial charge in [-0.2, -0.15) is 0 Å². The molecule has 0 spiro atoms. The van der Waals surface area contributed by atoms with E-state index < -0.39 is 0 Å². The van der Waals surface area contributed by atoms with E-state index in [1.807, 2.05) is 0 Å². The summed E-state index contributed by atoms with van der Waals surface area (Å²) in [5.41, 5.74) is 12.1. The van der Waals surface area contributed by atoms with Gasteiger partial charge in [-0.15, -0.1) is 11.3 Å². The molecule has 0 aliphatic carbocycles. The molecule has 0 atom stereocenters. The van der Waals surface area contributed by atoms with E-state index in [0.29, 0.717) is 5.82 Å². The zero-order chi connectivity index (χ0) is 26.6. The Morgan fingerprint density at radius 2 is 1.56 bits per heavy atom. The van der Waals surface area contributed by atoms with Crippen LogP contribution in [-0.2, 0) is 24.2 Å². The largest absolute Gasteiger partial charge is 0.382 e. The van der Waals surface area contributed by atoms with Crippen molar-refractivity contribution < 1.29 is 4.74 Å². The molecule has 0 unspecified atom stereocenters. The number of aryl methyl sites for hydroxylation is 1. The molecule has 5 heterocycles. The number of nitrogens with zero attached hydrogens (tertiary/aromatic N) is 6. The third-order valence-electron chi connectivity index (χ3n) is 8.29. The Morgan fingerprint density at radius 1 is 0.872 bits per heavy atom. The van der Waals surface area contributed by atoms with Gasteiger partial charge in [-0.05, 0) is 29.0 Å². The van der Waals surface area contributed by atoms with Crippen LogP contribution in [0.4, 0.5) is 5.82 Å². The molecule has 0 radical (unpaired) electrons. The minimum Gasteiger partial charge on any atom is -0.382 e. The third-order valence-corrected chi connectivity index (χ3v) is 9.20. The zero-order valence-electron chi connectivity index (χ0n) is 23.1. The SMILES string of the molecule is CCCCc1nc2c(N)nc3ccsc3c2n1Cc1ccccc1CN1CCN(CCN2CCOCC2)CC1. The smallest absolute Gasteiger partial charge is 0.152 e. The van der Waals surface area contributed by atoms with Crippen LogP contribution < -0.4 is 5.73 Å². The minimum atomic E-state index is 0.534. The molecule has 39 heavy (non-hydrogen) atoms. The number of nitrogen functional groups attached to an aromatic ring is 1. The van der Waals surface area contributed by atoms with Crippen LogP contribution in [0, 0.1) is 0 Å². The summed E-state index contributed by atoms with van der Waals surface area (Å²) in [5, 5.41) is 2.11. The molecular formula is C30H41N7OS. The van der Waals surface area contributed by atoms with Crippen molar-refractivity contribution in [2.24, 2.45) is 0 Å². The Balaban J connectivity index is 1.18. The van der Waals surface area contributed by atoms with Crippen LogP contribution in [0.2, 0.25) is 0 Å². The van der Waals surface area contributed by atoms with Gasteiger partial charge in [0.15, 0.2) is 5.82 Å². The molecule has 8 nitrogen and oxygen atoms in total. The highest BCUT2D eigenvalue weighted by Crippen LogP contribution is 2.33. The quantitative estimate of drug-likeness (QED) is 0.321. The van der Waals surface area contributed by atoms with E-state index in [1.165, 1.54) is 15.8 Å². The van der Waals surface area contributed by atoms with Crippen molar-refractivity contribution in [3.63, 3.8) is 0 Å². The first-order valence-corrected chi connectivity index (χ1v) is 15.4. The molecule has 0 amide bonds. The van der Waals surface area contributed by atoms with Crippen LogP contribution in [-0.4, -0.2) is 94.8 Å². The Hall–Kier alpha value is -2.56. The summed E-state index contributed by atoms with van der Waals surface area (Å²) in [6.45, 7) is 14.8. The summed E-state index contributed by atoms with van der Waals surface area (Å²) < 4.78 is 9.10. The van der Waals surface area contributed by atoms with Crippen LogP contribution in [0.15, 0.2) is 35.7 Å². The molecule has 2 N–H and O–H groups in total. The van der Waals surface area contributed by atoms with Gasteiger partial charge in [0, 0.05) is 71.9 Å². The Kier molecular flexibility index (Phi) is 8.41. The number of thiophene rings is 1. The van der Waals surface area contributed by atoms with Gasteiger partial charge in [0.1, 0.15) is 11.3 Å². The fourth-order valence-electron chi connectivity index (χ4n) is 5.91. The Bertz CT molecular complexity index is 1380. The van der Waals surface area contributed by atoms with Gasteiger partial charge in [-0.1, -0.05) is 37.6 Å². The van der Waals surface area contributed by atoms with E-state index in [9.17, 15) is 0 Å². The van der Waals surface area contributed by atoms with Crippen LogP contribution in [0.1, 0.15) is 36.7 Å². The fourth-order valence-corrected chi connectivity index (χ4v) is 6.80. The molecule has 1 aromatic carbocycles. The number of fused-ring (bicyclic) bond motifs is 3. The molecule has 0 saturated carbocycles. The molecule has 0 bridgehead atoms. The van der Waals surface area contributed by atoms with Gasteiger partial charge in [0.2, 0.25) is 0 Å². The summed E-state index contributed by atoms with van der Waals surface area (Å²) in [6.07, 6.45) is 3.20. The molecule has 208 valence electrons. The Labute approximate surface area is 235 Å². The molecule has 2 aliphatic heterocycles. The first kappa shape index (κ1) is 26.7. The van der Waals surface area contributed by atoms with Crippen molar-refractivity contribution in [3.05, 3.63) is 52.7 Å². The number of hydrogen-bond acceptors (Lipinski definition) is 8. The van der Waals surface area contributed by atoms with Crippen molar-refractivity contribution >= 4 is 38.4 Å². The van der Waals surface area contributed by atoms with Crippen LogP contribution >= 0.6 is 11.3 Å². The van der Waals surface area contributed by atoms with E-state index >= 15 is 0 Å². The number of aromatic nitrogens is 3. The Morgan fingerprint density at radius 3 is 2.31 bits per heavy atom. The lowest BCUT2D eigenvalue weighted by Crippen LogP contribution is -2.49. The number of hydrogen-bond donors (Lipinski definition) is 1. The van der Waals surface area contributed by atoms with Crippen LogP contribution in [0.5, 0.6) is 0 Å². The average Bonchev–Trinajstić information content (AvgIpc) is 3.58. The van der Waals surface area contributed by atoms with E-state index in [0.717, 1.165) is 120 Å².